The van der Waals surface area contributed by atoms with Gasteiger partial charge < -0.3 is 55.4 Å². The summed E-state index contributed by atoms with van der Waals surface area (Å²) in [6, 6.07) is 4.44. The fraction of sp³-hybridized carbons (Fsp3) is 0.333. The first-order valence-electron chi connectivity index (χ1n) is 13.6. The Morgan fingerprint density at radius 3 is 1.48 bits per heavy atom. The van der Waals surface area contributed by atoms with Gasteiger partial charge in [-0.05, 0) is 35.5 Å². The number of rotatable bonds is 10. The highest BCUT2D eigenvalue weighted by molar-refractivity contribution is 5.89. The van der Waals surface area contributed by atoms with Crippen LogP contribution in [0.4, 0.5) is 23.3 Å². The summed E-state index contributed by atoms with van der Waals surface area (Å²) in [5.41, 5.74) is 5.36. The number of carboxylic acid groups (broad SMARTS) is 1. The highest BCUT2D eigenvalue weighted by Gasteiger charge is 2.22. The highest BCUT2D eigenvalue weighted by atomic mass is 16.6. The summed E-state index contributed by atoms with van der Waals surface area (Å²) < 4.78 is 16.5. The second kappa shape index (κ2) is 19.4. The standard InChI is InChI=1S/C7H9N3O4.C7H11N3O2.C6H7N3O4.C4H3N3O4/c1-3-14-7(11)5-4-6(10(12)13)8-9(5)2;1-3-12-7(11)5-4-6(8)9-10(5)2;1-2-13-6(10)4-3-5(8-7-4)9(11)12;8-4(9)2-1-3(6-5-2)7(10)11/h4H,3H2,1-2H3;4H,3H2,1-2H3,(H2,8,9);3H,2H2,1H3,(H,7,8);1H,(H,5,6)(H,8,9). The molecule has 0 radical (unpaired) electrons. The molecule has 4 aromatic heterocycles. The average molecular weight is 711 g/mol. The Kier molecular flexibility index (Phi) is 15.8. The molecule has 0 fully saturated rings. The lowest BCUT2D eigenvalue weighted by atomic mass is 10.4. The summed E-state index contributed by atoms with van der Waals surface area (Å²) in [6.45, 7) is 5.82. The number of nitrogens with one attached hydrogen (secondary N) is 2. The van der Waals surface area contributed by atoms with E-state index >= 15 is 0 Å². The van der Waals surface area contributed by atoms with Gasteiger partial charge in [-0.25, -0.2) is 19.2 Å². The van der Waals surface area contributed by atoms with E-state index in [1.54, 1.807) is 27.8 Å². The molecule has 4 aromatic rings. The largest absolute Gasteiger partial charge is 0.476 e. The number of nitro groups is 3. The predicted molar refractivity (Wildman–Crippen MR) is 163 cm³/mol. The quantitative estimate of drug-likeness (QED) is 0.0776. The van der Waals surface area contributed by atoms with Crippen molar-refractivity contribution in [1.29, 1.82) is 0 Å². The van der Waals surface area contributed by atoms with Crippen molar-refractivity contribution >= 4 is 47.1 Å². The first-order valence-corrected chi connectivity index (χ1v) is 13.6. The number of carbonyl (C=O) groups is 4. The third-order valence-corrected chi connectivity index (χ3v) is 5.15. The molecule has 0 bridgehead atoms. The Morgan fingerprint density at radius 1 is 0.720 bits per heavy atom. The molecule has 4 heterocycles. The molecular weight excluding hydrogens is 680 g/mol. The van der Waals surface area contributed by atoms with E-state index in [1.807, 2.05) is 5.10 Å². The van der Waals surface area contributed by atoms with E-state index in [2.05, 4.69) is 35.0 Å². The number of aryl methyl sites for hydroxylation is 2. The number of aromatic amines is 2. The van der Waals surface area contributed by atoms with E-state index in [0.717, 1.165) is 22.9 Å². The van der Waals surface area contributed by atoms with Crippen molar-refractivity contribution in [2.45, 2.75) is 20.8 Å². The van der Waals surface area contributed by atoms with Gasteiger partial charge in [0.05, 0.1) is 50.2 Å². The molecule has 0 aromatic carbocycles. The second-order valence-electron chi connectivity index (χ2n) is 8.60. The van der Waals surface area contributed by atoms with Crippen molar-refractivity contribution in [3.05, 3.63) is 77.4 Å². The zero-order valence-corrected chi connectivity index (χ0v) is 26.8. The van der Waals surface area contributed by atoms with Gasteiger partial charge in [0.2, 0.25) is 0 Å². The second-order valence-corrected chi connectivity index (χ2v) is 8.60. The summed E-state index contributed by atoms with van der Waals surface area (Å²) in [4.78, 5) is 71.8. The zero-order chi connectivity index (χ0) is 38.1. The van der Waals surface area contributed by atoms with E-state index in [0.29, 0.717) is 18.1 Å². The van der Waals surface area contributed by atoms with Crippen molar-refractivity contribution in [2.24, 2.45) is 14.1 Å². The molecule has 0 saturated heterocycles. The number of carboxylic acids is 1. The van der Waals surface area contributed by atoms with Crippen molar-refractivity contribution in [2.75, 3.05) is 25.6 Å². The van der Waals surface area contributed by atoms with E-state index in [-0.39, 0.29) is 41.9 Å². The summed E-state index contributed by atoms with van der Waals surface area (Å²) in [5.74, 6) is -3.79. The molecule has 0 saturated carbocycles. The number of carbonyl (C=O) groups excluding carboxylic acids is 3. The topological polar surface area (TPSA) is 365 Å². The van der Waals surface area contributed by atoms with Gasteiger partial charge in [-0.2, -0.15) is 9.78 Å². The van der Waals surface area contributed by atoms with Crippen LogP contribution in [0.25, 0.3) is 0 Å². The Morgan fingerprint density at radius 2 is 1.14 bits per heavy atom. The number of H-pyrrole nitrogens is 2. The van der Waals surface area contributed by atoms with Crippen LogP contribution in [0.2, 0.25) is 0 Å². The van der Waals surface area contributed by atoms with Crippen molar-refractivity contribution in [1.82, 2.24) is 40.0 Å². The number of nitrogens with two attached hydrogens (primary N) is 1. The lowest BCUT2D eigenvalue weighted by molar-refractivity contribution is -0.389. The molecule has 5 N–H and O–H groups in total. The first kappa shape index (κ1) is 40.7. The Hall–Kier alpha value is -7.28. The van der Waals surface area contributed by atoms with Crippen LogP contribution in [0.1, 0.15) is 62.7 Å². The van der Waals surface area contributed by atoms with Gasteiger partial charge in [-0.15, -0.1) is 10.2 Å². The Bertz CT molecular complexity index is 1790. The van der Waals surface area contributed by atoms with Crippen molar-refractivity contribution in [3.8, 4) is 0 Å². The Labute approximate surface area is 278 Å². The maximum atomic E-state index is 11.2. The third kappa shape index (κ3) is 12.5. The number of hydrogen-bond acceptors (Lipinski definition) is 18. The number of nitrogen functional groups attached to an aromatic ring is 1. The van der Waals surface area contributed by atoms with Crippen LogP contribution >= 0.6 is 0 Å². The SMILES string of the molecule is CCOC(=O)c1cc(N)nn1C.CCOC(=O)c1cc([N+](=O)[O-])[nH]n1.CCOC(=O)c1cc([N+](=O)[O-])nn1C.O=C(O)c1cc([N+](=O)[O-])[nH]n1. The van der Waals surface area contributed by atoms with Crippen molar-refractivity contribution in [3.63, 3.8) is 0 Å². The van der Waals surface area contributed by atoms with Crippen LogP contribution in [0, 0.1) is 30.3 Å². The van der Waals surface area contributed by atoms with Crippen LogP contribution in [0.3, 0.4) is 0 Å². The fourth-order valence-electron chi connectivity index (χ4n) is 3.05. The molecular formula is C24H30N12O14. The molecule has 0 aliphatic rings. The van der Waals surface area contributed by atoms with Gasteiger partial charge in [0.15, 0.2) is 17.1 Å². The molecule has 0 amide bonds. The number of aromatic carboxylic acids is 1. The molecule has 0 atom stereocenters. The minimum Gasteiger partial charge on any atom is -0.476 e. The smallest absolute Gasteiger partial charge is 0.390 e. The number of hydrogen-bond donors (Lipinski definition) is 4. The molecule has 26 heteroatoms. The third-order valence-electron chi connectivity index (χ3n) is 5.15. The van der Waals surface area contributed by atoms with E-state index in [1.165, 1.54) is 17.8 Å². The van der Waals surface area contributed by atoms with E-state index < -0.39 is 44.5 Å². The molecule has 0 unspecified atom stereocenters. The van der Waals surface area contributed by atoms with Gasteiger partial charge in [0.25, 0.3) is 0 Å². The van der Waals surface area contributed by atoms with Gasteiger partial charge in [0, 0.05) is 13.1 Å². The van der Waals surface area contributed by atoms with Gasteiger partial charge in [0.1, 0.15) is 11.5 Å². The average Bonchev–Trinajstić information content (AvgIpc) is 3.85. The maximum absolute atomic E-state index is 11.2. The molecule has 0 aliphatic carbocycles. The summed E-state index contributed by atoms with van der Waals surface area (Å²) >= 11 is 0. The number of ether oxygens (including phenoxy) is 3. The lowest BCUT2D eigenvalue weighted by Gasteiger charge is -1.99. The summed E-state index contributed by atoms with van der Waals surface area (Å²) in [5, 5.41) is 56.7. The minimum absolute atomic E-state index is 0.0681. The van der Waals surface area contributed by atoms with E-state index in [4.69, 9.17) is 15.6 Å². The molecule has 0 aliphatic heterocycles. The van der Waals surface area contributed by atoms with Gasteiger partial charge in [-0.1, -0.05) is 10.2 Å². The maximum Gasteiger partial charge on any atom is 0.390 e. The summed E-state index contributed by atoms with van der Waals surface area (Å²) in [7, 11) is 3.09. The Balaban J connectivity index is 0.000000335. The van der Waals surface area contributed by atoms with Crippen LogP contribution in [-0.4, -0.2) is 104 Å². The molecule has 0 spiro atoms. The number of anilines is 1. The zero-order valence-electron chi connectivity index (χ0n) is 26.8. The van der Waals surface area contributed by atoms with Gasteiger partial charge >= 0.3 is 41.3 Å². The number of nitrogens with zero attached hydrogens (tertiary/aromatic N) is 9. The molecule has 50 heavy (non-hydrogen) atoms. The lowest BCUT2D eigenvalue weighted by Crippen LogP contribution is -2.10. The predicted octanol–water partition coefficient (Wildman–Crippen LogP) is 1.19. The highest BCUT2D eigenvalue weighted by Crippen LogP contribution is 2.12. The van der Waals surface area contributed by atoms with E-state index in [9.17, 15) is 49.5 Å². The molecule has 26 nitrogen and oxygen atoms in total. The fourth-order valence-corrected chi connectivity index (χ4v) is 3.05. The number of aromatic nitrogens is 8. The van der Waals surface area contributed by atoms with Crippen molar-refractivity contribution < 1.29 is 53.3 Å². The normalized spacial score (nSPS) is 9.70. The number of esters is 3. The van der Waals surface area contributed by atoms with Gasteiger partial charge in [-0.3, -0.25) is 4.68 Å². The van der Waals surface area contributed by atoms with Crippen LogP contribution in [0.5, 0.6) is 0 Å². The van der Waals surface area contributed by atoms with Crippen LogP contribution in [-0.2, 0) is 28.3 Å². The summed E-state index contributed by atoms with van der Waals surface area (Å²) in [6.07, 6.45) is 0. The molecule has 4 rings (SSSR count). The van der Waals surface area contributed by atoms with Crippen LogP contribution in [0.15, 0.2) is 24.3 Å². The molecule has 270 valence electrons. The minimum atomic E-state index is -1.30. The van der Waals surface area contributed by atoms with Crippen LogP contribution < -0.4 is 5.73 Å². The monoisotopic (exact) mass is 710 g/mol. The first-order chi connectivity index (χ1) is 23.5.